The molecule has 1 aliphatic rings. The smallest absolute Gasteiger partial charge is 0.0650 e. The highest BCUT2D eigenvalue weighted by Gasteiger charge is 2.36. The Labute approximate surface area is 81.9 Å². The second-order valence-corrected chi connectivity index (χ2v) is 4.71. The average Bonchev–Trinajstić information content (AvgIpc) is 2.03. The fourth-order valence-corrected chi connectivity index (χ4v) is 2.67. The topological polar surface area (TPSA) is 20.2 Å². The highest BCUT2D eigenvalue weighted by Crippen LogP contribution is 2.39. The lowest BCUT2D eigenvalue weighted by atomic mass is 9.70. The van der Waals surface area contributed by atoms with Crippen LogP contribution in [0.1, 0.15) is 46.0 Å². The summed E-state index contributed by atoms with van der Waals surface area (Å²) in [5.41, 5.74) is -0.430. The monoisotopic (exact) mass is 182 g/mol. The molecule has 1 aliphatic carbocycles. The Kier molecular flexibility index (Phi) is 3.55. The lowest BCUT2D eigenvalue weighted by Gasteiger charge is -2.40. The Morgan fingerprint density at radius 1 is 1.62 bits per heavy atom. The zero-order valence-electron chi connectivity index (χ0n) is 8.92. The Morgan fingerprint density at radius 2 is 2.31 bits per heavy atom. The lowest BCUT2D eigenvalue weighted by Crippen LogP contribution is -2.40. The van der Waals surface area contributed by atoms with Crippen LogP contribution in [0.4, 0.5) is 0 Å². The van der Waals surface area contributed by atoms with Crippen molar-refractivity contribution < 1.29 is 5.11 Å². The van der Waals surface area contributed by atoms with E-state index in [4.69, 9.17) is 0 Å². The summed E-state index contributed by atoms with van der Waals surface area (Å²) >= 11 is 0. The van der Waals surface area contributed by atoms with Crippen molar-refractivity contribution in [2.24, 2.45) is 11.8 Å². The molecule has 76 valence electrons. The van der Waals surface area contributed by atoms with Crippen LogP contribution in [0, 0.1) is 11.8 Å². The van der Waals surface area contributed by atoms with Gasteiger partial charge in [0.2, 0.25) is 0 Å². The second kappa shape index (κ2) is 4.28. The average molecular weight is 182 g/mol. The first-order chi connectivity index (χ1) is 6.08. The molecule has 1 N–H and O–H groups in total. The molecule has 0 aromatic rings. The van der Waals surface area contributed by atoms with Crippen molar-refractivity contribution in [1.82, 2.24) is 0 Å². The van der Waals surface area contributed by atoms with Crippen LogP contribution in [0.3, 0.4) is 0 Å². The minimum absolute atomic E-state index is 0.430. The summed E-state index contributed by atoms with van der Waals surface area (Å²) in [4.78, 5) is 0. The number of aliphatic hydroxyl groups is 1. The van der Waals surface area contributed by atoms with Gasteiger partial charge in [-0.15, -0.1) is 6.58 Å². The molecule has 0 aromatic carbocycles. The van der Waals surface area contributed by atoms with Crippen molar-refractivity contribution in [3.63, 3.8) is 0 Å². The third-order valence-corrected chi connectivity index (χ3v) is 3.47. The van der Waals surface area contributed by atoms with E-state index in [1.54, 1.807) is 0 Å². The van der Waals surface area contributed by atoms with E-state index in [1.807, 2.05) is 13.0 Å². The lowest BCUT2D eigenvalue weighted by molar-refractivity contribution is -0.0525. The molecule has 0 heterocycles. The molecule has 0 spiro atoms. The predicted molar refractivity (Wildman–Crippen MR) is 56.6 cm³/mol. The number of hydrogen-bond acceptors (Lipinski definition) is 1. The van der Waals surface area contributed by atoms with E-state index in [1.165, 1.54) is 19.3 Å². The third kappa shape index (κ3) is 2.57. The van der Waals surface area contributed by atoms with Crippen molar-refractivity contribution in [3.05, 3.63) is 12.7 Å². The van der Waals surface area contributed by atoms with Crippen LogP contribution >= 0.6 is 0 Å². The zero-order chi connectivity index (χ0) is 9.90. The van der Waals surface area contributed by atoms with E-state index in [2.05, 4.69) is 13.5 Å². The highest BCUT2D eigenvalue weighted by atomic mass is 16.3. The molecular weight excluding hydrogens is 160 g/mol. The quantitative estimate of drug-likeness (QED) is 0.665. The van der Waals surface area contributed by atoms with Gasteiger partial charge < -0.3 is 5.11 Å². The van der Waals surface area contributed by atoms with Gasteiger partial charge >= 0.3 is 0 Å². The molecule has 1 nitrogen and oxygen atoms in total. The molecule has 0 radical (unpaired) electrons. The molecule has 1 fully saturated rings. The van der Waals surface area contributed by atoms with Crippen molar-refractivity contribution >= 4 is 0 Å². The van der Waals surface area contributed by atoms with Gasteiger partial charge in [-0.05, 0) is 38.0 Å². The van der Waals surface area contributed by atoms with Gasteiger partial charge in [-0.3, -0.25) is 0 Å². The van der Waals surface area contributed by atoms with Gasteiger partial charge in [-0.1, -0.05) is 25.8 Å². The summed E-state index contributed by atoms with van der Waals surface area (Å²) in [6.45, 7) is 7.99. The van der Waals surface area contributed by atoms with E-state index >= 15 is 0 Å². The maximum absolute atomic E-state index is 10.2. The van der Waals surface area contributed by atoms with Crippen LogP contribution in [-0.4, -0.2) is 10.7 Å². The first kappa shape index (κ1) is 10.8. The molecule has 0 aliphatic heterocycles. The van der Waals surface area contributed by atoms with E-state index in [9.17, 15) is 5.11 Å². The van der Waals surface area contributed by atoms with Crippen LogP contribution < -0.4 is 0 Å². The molecule has 0 aromatic heterocycles. The zero-order valence-corrected chi connectivity index (χ0v) is 8.92. The van der Waals surface area contributed by atoms with E-state index in [0.29, 0.717) is 11.8 Å². The normalized spacial score (nSPS) is 37.0. The molecule has 0 saturated heterocycles. The fraction of sp³-hybridized carbons (Fsp3) is 0.833. The Balaban J connectivity index is 2.59. The Morgan fingerprint density at radius 3 is 2.85 bits per heavy atom. The van der Waals surface area contributed by atoms with Crippen molar-refractivity contribution in [1.29, 1.82) is 0 Å². The van der Waals surface area contributed by atoms with Gasteiger partial charge in [0.05, 0.1) is 5.60 Å². The first-order valence-electron chi connectivity index (χ1n) is 5.41. The summed E-state index contributed by atoms with van der Waals surface area (Å²) in [5.74, 6) is 1.05. The van der Waals surface area contributed by atoms with E-state index in [0.717, 1.165) is 12.8 Å². The van der Waals surface area contributed by atoms with Gasteiger partial charge in [0, 0.05) is 0 Å². The summed E-state index contributed by atoms with van der Waals surface area (Å²) in [6, 6.07) is 0. The first-order valence-corrected chi connectivity index (χ1v) is 5.41. The van der Waals surface area contributed by atoms with Crippen molar-refractivity contribution in [3.8, 4) is 0 Å². The maximum Gasteiger partial charge on any atom is 0.0650 e. The number of hydrogen-bond donors (Lipinski definition) is 1. The largest absolute Gasteiger partial charge is 0.390 e. The molecule has 1 heteroatoms. The van der Waals surface area contributed by atoms with E-state index in [-0.39, 0.29) is 0 Å². The molecule has 0 amide bonds. The van der Waals surface area contributed by atoms with Crippen LogP contribution in [0.5, 0.6) is 0 Å². The van der Waals surface area contributed by atoms with Crippen LogP contribution in [0.2, 0.25) is 0 Å². The molecule has 13 heavy (non-hydrogen) atoms. The van der Waals surface area contributed by atoms with Gasteiger partial charge in [0.1, 0.15) is 0 Å². The molecule has 3 atom stereocenters. The number of rotatable bonds is 3. The molecule has 1 unspecified atom stereocenters. The third-order valence-electron chi connectivity index (χ3n) is 3.47. The standard InChI is InChI=1S/C12H22O/c1-4-7-10(2)11-8-5-6-9-12(11,3)13/h4,10-11,13H,1,5-9H2,2-3H3/t10?,11-,12+/m1/s1. The second-order valence-electron chi connectivity index (χ2n) is 4.71. The SMILES string of the molecule is C=CCC(C)[C@H]1CCCC[C@]1(C)O. The summed E-state index contributed by atoms with van der Waals surface area (Å²) in [7, 11) is 0. The number of allylic oxidation sites excluding steroid dienone is 1. The minimum atomic E-state index is -0.430. The van der Waals surface area contributed by atoms with Gasteiger partial charge in [-0.2, -0.15) is 0 Å². The molecule has 1 rings (SSSR count). The molecular formula is C12H22O. The van der Waals surface area contributed by atoms with Crippen LogP contribution in [-0.2, 0) is 0 Å². The fourth-order valence-electron chi connectivity index (χ4n) is 2.67. The summed E-state index contributed by atoms with van der Waals surface area (Å²) < 4.78 is 0. The summed E-state index contributed by atoms with van der Waals surface area (Å²) in [6.07, 6.45) is 7.62. The van der Waals surface area contributed by atoms with E-state index < -0.39 is 5.60 Å². The van der Waals surface area contributed by atoms with Gasteiger partial charge in [-0.25, -0.2) is 0 Å². The maximum atomic E-state index is 10.2. The molecule has 1 saturated carbocycles. The van der Waals surface area contributed by atoms with Gasteiger partial charge in [0.25, 0.3) is 0 Å². The summed E-state index contributed by atoms with van der Waals surface area (Å²) in [5, 5.41) is 10.2. The highest BCUT2D eigenvalue weighted by molar-refractivity contribution is 4.90. The minimum Gasteiger partial charge on any atom is -0.390 e. The van der Waals surface area contributed by atoms with Gasteiger partial charge in [0.15, 0.2) is 0 Å². The van der Waals surface area contributed by atoms with Crippen molar-refractivity contribution in [2.75, 3.05) is 0 Å². The van der Waals surface area contributed by atoms with Crippen LogP contribution in [0.15, 0.2) is 12.7 Å². The predicted octanol–water partition coefficient (Wildman–Crippen LogP) is 3.14. The van der Waals surface area contributed by atoms with Crippen LogP contribution in [0.25, 0.3) is 0 Å². The Bertz CT molecular complexity index is 172. The molecule has 0 bridgehead atoms. The van der Waals surface area contributed by atoms with Crippen molar-refractivity contribution in [2.45, 2.75) is 51.6 Å². The Hall–Kier alpha value is -0.300.